The first-order valence-electron chi connectivity index (χ1n) is 14.8. The minimum Gasteiger partial charge on any atom is -0.480 e. The number of carboxylic acid groups (broad SMARTS) is 1. The van der Waals surface area contributed by atoms with E-state index in [2.05, 4.69) is 37.0 Å². The third-order valence-electron chi connectivity index (χ3n) is 10.7. The maximum Gasteiger partial charge on any atom is 0.410 e. The molecule has 2 unspecified atom stereocenters. The van der Waals surface area contributed by atoms with Crippen LogP contribution in [0.5, 0.6) is 0 Å². The molecule has 1 aromatic carbocycles. The number of hydrogen-bond donors (Lipinski definition) is 1. The number of carbonyl (C=O) groups is 2. The molecular weight excluding hydrogens is 500 g/mol. The van der Waals surface area contributed by atoms with Crippen molar-refractivity contribution in [2.75, 3.05) is 6.54 Å². The van der Waals surface area contributed by atoms with Gasteiger partial charge in [0.1, 0.15) is 12.6 Å². The average molecular weight is 541 g/mol. The quantitative estimate of drug-likeness (QED) is 0.394. The van der Waals surface area contributed by atoms with Gasteiger partial charge in [0.05, 0.1) is 0 Å². The van der Waals surface area contributed by atoms with E-state index in [9.17, 15) is 14.7 Å². The summed E-state index contributed by atoms with van der Waals surface area (Å²) in [7, 11) is 0. The van der Waals surface area contributed by atoms with Crippen molar-refractivity contribution in [3.8, 4) is 0 Å². The third kappa shape index (κ3) is 4.76. The fourth-order valence-corrected chi connectivity index (χ4v) is 8.63. The molecule has 2 saturated carbocycles. The first-order chi connectivity index (χ1) is 19.3. The second kappa shape index (κ2) is 10.5. The van der Waals surface area contributed by atoms with E-state index in [4.69, 9.17) is 4.74 Å². The lowest BCUT2D eigenvalue weighted by atomic mass is 9.47. The molecule has 4 aliphatic carbocycles. The molecule has 6 nitrogen and oxygen atoms in total. The van der Waals surface area contributed by atoms with Gasteiger partial charge >= 0.3 is 12.1 Å². The Morgan fingerprint density at radius 3 is 2.55 bits per heavy atom. The lowest BCUT2D eigenvalue weighted by Gasteiger charge is -2.57. The molecule has 1 aromatic heterocycles. The van der Waals surface area contributed by atoms with Crippen LogP contribution in [0, 0.1) is 28.6 Å². The van der Waals surface area contributed by atoms with Crippen molar-refractivity contribution in [1.82, 2.24) is 9.88 Å². The highest BCUT2D eigenvalue weighted by Crippen LogP contribution is 2.66. The Morgan fingerprint density at radius 2 is 1.80 bits per heavy atom. The molecule has 1 N–H and O–H groups in total. The van der Waals surface area contributed by atoms with Crippen molar-refractivity contribution in [1.29, 1.82) is 0 Å². The molecule has 0 radical (unpaired) electrons. The van der Waals surface area contributed by atoms with Gasteiger partial charge in [-0.05, 0) is 89.9 Å². The first-order valence-corrected chi connectivity index (χ1v) is 14.8. The van der Waals surface area contributed by atoms with Gasteiger partial charge in [-0.3, -0.25) is 14.7 Å². The molecule has 0 saturated heterocycles. The number of carboxylic acids is 1. The molecule has 2 aromatic rings. The number of aliphatic carboxylic acids is 1. The predicted molar refractivity (Wildman–Crippen MR) is 154 cm³/mol. The molecular formula is C34H40N2O4. The van der Waals surface area contributed by atoms with Crippen LogP contribution in [0.15, 0.2) is 72.6 Å². The molecule has 1 amide bonds. The van der Waals surface area contributed by atoms with Crippen LogP contribution in [0.25, 0.3) is 5.57 Å². The zero-order valence-corrected chi connectivity index (χ0v) is 23.6. The minimum absolute atomic E-state index is 0.134. The largest absolute Gasteiger partial charge is 0.480 e. The Labute approximate surface area is 237 Å². The number of hydrogen-bond acceptors (Lipinski definition) is 4. The summed E-state index contributed by atoms with van der Waals surface area (Å²) in [5, 5.41) is 9.41. The Morgan fingerprint density at radius 1 is 1.00 bits per heavy atom. The summed E-state index contributed by atoms with van der Waals surface area (Å²) in [6.07, 6.45) is 15.3. The molecule has 2 fully saturated rings. The summed E-state index contributed by atoms with van der Waals surface area (Å²) in [5.74, 6) is 0.913. The Balaban J connectivity index is 1.15. The van der Waals surface area contributed by atoms with Crippen LogP contribution in [0.1, 0.15) is 69.9 Å². The highest BCUT2D eigenvalue weighted by Gasteiger charge is 2.57. The van der Waals surface area contributed by atoms with Gasteiger partial charge in [-0.2, -0.15) is 0 Å². The molecule has 210 valence electrons. The van der Waals surface area contributed by atoms with Crippen molar-refractivity contribution < 1.29 is 19.4 Å². The van der Waals surface area contributed by atoms with Gasteiger partial charge in [-0.15, -0.1) is 0 Å². The Hall–Kier alpha value is -3.41. The summed E-state index contributed by atoms with van der Waals surface area (Å²) < 4.78 is 5.97. The lowest BCUT2D eigenvalue weighted by molar-refractivity contribution is -0.138. The highest BCUT2D eigenvalue weighted by molar-refractivity contribution is 5.77. The number of ether oxygens (including phenoxy) is 1. The van der Waals surface area contributed by atoms with Crippen molar-refractivity contribution in [2.24, 2.45) is 28.6 Å². The monoisotopic (exact) mass is 540 g/mol. The smallest absolute Gasteiger partial charge is 0.410 e. The van der Waals surface area contributed by atoms with Crippen LogP contribution in [-0.2, 0) is 16.1 Å². The summed E-state index contributed by atoms with van der Waals surface area (Å²) in [6, 6.07) is 13.7. The van der Waals surface area contributed by atoms with Gasteiger partial charge in [0.15, 0.2) is 0 Å². The van der Waals surface area contributed by atoms with Crippen LogP contribution >= 0.6 is 0 Å². The van der Waals surface area contributed by atoms with Gasteiger partial charge in [0.2, 0.25) is 0 Å². The minimum atomic E-state index is -1.04. The number of nitrogens with zero attached hydrogens (tertiary/aromatic N) is 2. The van der Waals surface area contributed by atoms with E-state index in [1.54, 1.807) is 0 Å². The van der Waals surface area contributed by atoms with Crippen LogP contribution in [-0.4, -0.2) is 39.7 Å². The van der Waals surface area contributed by atoms with Gasteiger partial charge < -0.3 is 9.84 Å². The van der Waals surface area contributed by atoms with E-state index in [0.29, 0.717) is 17.8 Å². The Bertz CT molecular complexity index is 1320. The van der Waals surface area contributed by atoms with Crippen molar-refractivity contribution in [3.63, 3.8) is 0 Å². The molecule has 4 aliphatic rings. The summed E-state index contributed by atoms with van der Waals surface area (Å²) in [5.41, 5.74) is 5.42. The predicted octanol–water partition coefficient (Wildman–Crippen LogP) is 7.13. The number of benzene rings is 1. The number of fused-ring (bicyclic) bond motifs is 5. The zero-order chi connectivity index (χ0) is 27.9. The molecule has 6 atom stereocenters. The summed E-state index contributed by atoms with van der Waals surface area (Å²) in [4.78, 5) is 30.3. The number of allylic oxidation sites excluding steroid dienone is 3. The first kappa shape index (κ1) is 26.8. The standard InChI is InChI=1S/C34H40N2O4/c1-33-16-14-26(40-32(39)36(22-31(37)38)21-23-7-4-3-5-8-23)19-25(33)10-11-27-29-13-12-28(24-9-6-18-35-20-24)34(29,2)17-15-30(27)33/h3-10,12,18,20,26-27,29-30H,11,13-17,19,21-22H2,1-2H3,(H,37,38)/t26-,27-,29?,30?,33-,34+/m0/s1. The van der Waals surface area contributed by atoms with Gasteiger partial charge in [0, 0.05) is 25.4 Å². The molecule has 0 bridgehead atoms. The number of rotatable bonds is 6. The normalized spacial score (nSPS) is 32.5. The third-order valence-corrected chi connectivity index (χ3v) is 10.7. The molecule has 6 heteroatoms. The molecule has 40 heavy (non-hydrogen) atoms. The Kier molecular flexibility index (Phi) is 7.05. The number of pyridine rings is 1. The van der Waals surface area contributed by atoms with Crippen LogP contribution < -0.4 is 0 Å². The summed E-state index contributed by atoms with van der Waals surface area (Å²) >= 11 is 0. The highest BCUT2D eigenvalue weighted by atomic mass is 16.6. The summed E-state index contributed by atoms with van der Waals surface area (Å²) in [6.45, 7) is 4.78. The number of carbonyl (C=O) groups excluding carboxylic acids is 1. The number of aromatic nitrogens is 1. The fourth-order valence-electron chi connectivity index (χ4n) is 8.63. The lowest BCUT2D eigenvalue weighted by Crippen LogP contribution is -2.50. The van der Waals surface area contributed by atoms with Crippen LogP contribution in [0.4, 0.5) is 4.79 Å². The second-order valence-electron chi connectivity index (χ2n) is 12.8. The van der Waals surface area contributed by atoms with E-state index in [-0.39, 0.29) is 30.0 Å². The van der Waals surface area contributed by atoms with Gasteiger partial charge in [-0.25, -0.2) is 4.79 Å². The maximum absolute atomic E-state index is 13.1. The molecule has 6 rings (SSSR count). The van der Waals surface area contributed by atoms with Crippen molar-refractivity contribution in [2.45, 2.75) is 71.4 Å². The van der Waals surface area contributed by atoms with Gasteiger partial charge in [0.25, 0.3) is 0 Å². The average Bonchev–Trinajstić information content (AvgIpc) is 3.31. The molecule has 0 spiro atoms. The van der Waals surface area contributed by atoms with Crippen molar-refractivity contribution >= 4 is 17.6 Å². The number of amides is 1. The topological polar surface area (TPSA) is 79.7 Å². The van der Waals surface area contributed by atoms with Crippen LogP contribution in [0.2, 0.25) is 0 Å². The molecule has 0 aliphatic heterocycles. The van der Waals surface area contributed by atoms with E-state index in [0.717, 1.165) is 37.7 Å². The SMILES string of the molecule is C[C@]12CC[C@H](OC(=O)N(CC(=O)O)Cc3ccccc3)CC1=CC[C@@H]1C2CC[C@]2(C)C(c3cccnc3)=CCC12. The molecule has 1 heterocycles. The van der Waals surface area contributed by atoms with E-state index >= 15 is 0 Å². The second-order valence-corrected chi connectivity index (χ2v) is 12.8. The van der Waals surface area contributed by atoms with E-state index in [1.807, 2.05) is 48.8 Å². The van der Waals surface area contributed by atoms with Gasteiger partial charge in [-0.1, -0.05) is 68.0 Å². The van der Waals surface area contributed by atoms with E-state index in [1.165, 1.54) is 34.5 Å². The van der Waals surface area contributed by atoms with E-state index < -0.39 is 12.1 Å². The van der Waals surface area contributed by atoms with Crippen LogP contribution in [0.3, 0.4) is 0 Å². The maximum atomic E-state index is 13.1. The zero-order valence-electron chi connectivity index (χ0n) is 23.6. The van der Waals surface area contributed by atoms with Crippen molar-refractivity contribution in [3.05, 3.63) is 83.7 Å². The fraction of sp³-hybridized carbons (Fsp3) is 0.500.